The number of benzene rings is 1. The molecule has 1 saturated carbocycles. The van der Waals surface area contributed by atoms with Crippen molar-refractivity contribution in [2.24, 2.45) is 5.92 Å². The van der Waals surface area contributed by atoms with E-state index >= 15 is 0 Å². The Balaban J connectivity index is 1.86. The van der Waals surface area contributed by atoms with E-state index in [9.17, 15) is 14.4 Å². The fraction of sp³-hybridized carbons (Fsp3) is 0.550. The van der Waals surface area contributed by atoms with Crippen molar-refractivity contribution >= 4 is 29.1 Å². The Kier molecular flexibility index (Phi) is 5.59. The van der Waals surface area contributed by atoms with Crippen molar-refractivity contribution in [3.63, 3.8) is 0 Å². The Morgan fingerprint density at radius 1 is 0.885 bits per heavy atom. The number of anilines is 2. The van der Waals surface area contributed by atoms with Gasteiger partial charge in [-0.2, -0.15) is 0 Å². The molecule has 1 aliphatic heterocycles. The van der Waals surface area contributed by atoms with Crippen LogP contribution in [0.15, 0.2) is 18.2 Å². The summed E-state index contributed by atoms with van der Waals surface area (Å²) in [5.74, 6) is 0.162. The van der Waals surface area contributed by atoms with Crippen LogP contribution in [0.5, 0.6) is 0 Å². The number of hydrogen-bond donors (Lipinski definition) is 2. The lowest BCUT2D eigenvalue weighted by atomic mass is 9.95. The van der Waals surface area contributed by atoms with E-state index < -0.39 is 0 Å². The zero-order valence-corrected chi connectivity index (χ0v) is 15.5. The first kappa shape index (κ1) is 18.4. The highest BCUT2D eigenvalue weighted by Crippen LogP contribution is 2.36. The van der Waals surface area contributed by atoms with Crippen LogP contribution in [0.2, 0.25) is 0 Å². The zero-order valence-electron chi connectivity index (χ0n) is 15.5. The lowest BCUT2D eigenvalue weighted by Crippen LogP contribution is -2.39. The van der Waals surface area contributed by atoms with Gasteiger partial charge in [-0.1, -0.05) is 12.8 Å². The normalized spacial score (nSPS) is 20.2. The minimum absolute atomic E-state index is 0.0156. The maximum absolute atomic E-state index is 13.2. The molecule has 1 unspecified atom stereocenters. The minimum atomic E-state index is -0.214. The van der Waals surface area contributed by atoms with E-state index in [2.05, 4.69) is 10.6 Å². The molecule has 2 N–H and O–H groups in total. The summed E-state index contributed by atoms with van der Waals surface area (Å²) in [6.07, 6.45) is 7.04. The Bertz CT molecular complexity index is 676. The van der Waals surface area contributed by atoms with E-state index in [4.69, 9.17) is 0 Å². The number of amides is 3. The highest BCUT2D eigenvalue weighted by atomic mass is 16.2. The average Bonchev–Trinajstić information content (AvgIpc) is 3.23. The summed E-state index contributed by atoms with van der Waals surface area (Å²) in [6.45, 7) is 3.62. The SMILES string of the molecule is CC(=O)Nc1cc(NC(C)=O)cc(C(=O)N2CCCC2C2CCCC2)c1. The highest BCUT2D eigenvalue weighted by Gasteiger charge is 2.36. The van der Waals surface area contributed by atoms with E-state index in [0.29, 0.717) is 28.9 Å². The number of nitrogens with one attached hydrogen (secondary N) is 2. The van der Waals surface area contributed by atoms with E-state index in [1.165, 1.54) is 39.5 Å². The molecule has 0 radical (unpaired) electrons. The third-order valence-corrected chi connectivity index (χ3v) is 5.32. The van der Waals surface area contributed by atoms with E-state index in [-0.39, 0.29) is 17.7 Å². The molecular weight excluding hydrogens is 330 g/mol. The molecule has 2 fully saturated rings. The summed E-state index contributed by atoms with van der Waals surface area (Å²) in [5, 5.41) is 5.42. The highest BCUT2D eigenvalue weighted by molar-refractivity contribution is 6.00. The number of carbonyl (C=O) groups excluding carboxylic acids is 3. The number of likely N-dealkylation sites (tertiary alicyclic amines) is 1. The minimum Gasteiger partial charge on any atom is -0.335 e. The van der Waals surface area contributed by atoms with E-state index in [1.54, 1.807) is 18.2 Å². The van der Waals surface area contributed by atoms with Crippen LogP contribution in [-0.4, -0.2) is 35.2 Å². The lowest BCUT2D eigenvalue weighted by molar-refractivity contribution is -0.115. The predicted molar refractivity (Wildman–Crippen MR) is 101 cm³/mol. The maximum atomic E-state index is 13.2. The topological polar surface area (TPSA) is 78.5 Å². The molecule has 26 heavy (non-hydrogen) atoms. The Morgan fingerprint density at radius 3 is 2.00 bits per heavy atom. The van der Waals surface area contributed by atoms with Gasteiger partial charge in [-0.15, -0.1) is 0 Å². The third kappa shape index (κ3) is 4.23. The Hall–Kier alpha value is -2.37. The average molecular weight is 357 g/mol. The van der Waals surface area contributed by atoms with Crippen molar-refractivity contribution in [1.82, 2.24) is 4.90 Å². The second kappa shape index (κ2) is 7.89. The summed E-state index contributed by atoms with van der Waals surface area (Å²) in [7, 11) is 0. The van der Waals surface area contributed by atoms with Gasteiger partial charge in [-0.25, -0.2) is 0 Å². The van der Waals surface area contributed by atoms with Crippen molar-refractivity contribution in [3.05, 3.63) is 23.8 Å². The molecule has 1 heterocycles. The molecule has 1 aliphatic carbocycles. The van der Waals surface area contributed by atoms with Crippen molar-refractivity contribution in [2.75, 3.05) is 17.2 Å². The van der Waals surface area contributed by atoms with Crippen LogP contribution in [0.4, 0.5) is 11.4 Å². The van der Waals surface area contributed by atoms with Crippen LogP contribution in [0.1, 0.15) is 62.7 Å². The molecule has 2 aliphatic rings. The molecular formula is C20H27N3O3. The Labute approximate surface area is 154 Å². The van der Waals surface area contributed by atoms with E-state index in [0.717, 1.165) is 19.4 Å². The van der Waals surface area contributed by atoms with Crippen molar-refractivity contribution in [3.8, 4) is 0 Å². The van der Waals surface area contributed by atoms with Gasteiger partial charge >= 0.3 is 0 Å². The van der Waals surface area contributed by atoms with Gasteiger partial charge in [0.05, 0.1) is 0 Å². The molecule has 0 bridgehead atoms. The molecule has 1 aromatic carbocycles. The number of hydrogen-bond acceptors (Lipinski definition) is 3. The van der Waals surface area contributed by atoms with Crippen molar-refractivity contribution in [2.45, 2.75) is 58.4 Å². The van der Waals surface area contributed by atoms with Crippen LogP contribution >= 0.6 is 0 Å². The molecule has 6 nitrogen and oxygen atoms in total. The van der Waals surface area contributed by atoms with Gasteiger partial charge in [-0.3, -0.25) is 14.4 Å². The molecule has 0 spiro atoms. The van der Waals surface area contributed by atoms with Gasteiger partial charge in [0.1, 0.15) is 0 Å². The number of nitrogens with zero attached hydrogens (tertiary/aromatic N) is 1. The first-order chi connectivity index (χ1) is 12.4. The Morgan fingerprint density at radius 2 is 1.46 bits per heavy atom. The smallest absolute Gasteiger partial charge is 0.254 e. The molecule has 1 atom stereocenters. The maximum Gasteiger partial charge on any atom is 0.254 e. The first-order valence-corrected chi connectivity index (χ1v) is 9.45. The standard InChI is InChI=1S/C20H27N3O3/c1-13(24)21-17-10-16(11-18(12-17)22-14(2)25)20(26)23-9-5-8-19(23)15-6-3-4-7-15/h10-12,15,19H,3-9H2,1-2H3,(H,21,24)(H,22,25). The quantitative estimate of drug-likeness (QED) is 0.867. The van der Waals surface area contributed by atoms with Crippen LogP contribution < -0.4 is 10.6 Å². The number of carbonyl (C=O) groups is 3. The summed E-state index contributed by atoms with van der Waals surface area (Å²) in [6, 6.07) is 5.37. The zero-order chi connectivity index (χ0) is 18.7. The summed E-state index contributed by atoms with van der Waals surface area (Å²) in [4.78, 5) is 38.0. The van der Waals surface area contributed by atoms with Crippen LogP contribution in [0.25, 0.3) is 0 Å². The first-order valence-electron chi connectivity index (χ1n) is 9.45. The second-order valence-corrected chi connectivity index (χ2v) is 7.41. The summed E-state index contributed by atoms with van der Waals surface area (Å²) in [5.41, 5.74) is 1.54. The van der Waals surface area contributed by atoms with Crippen LogP contribution in [0.3, 0.4) is 0 Å². The van der Waals surface area contributed by atoms with Gasteiger partial charge in [0, 0.05) is 43.4 Å². The van der Waals surface area contributed by atoms with Crippen LogP contribution in [0, 0.1) is 5.92 Å². The van der Waals surface area contributed by atoms with Gasteiger partial charge in [0.2, 0.25) is 11.8 Å². The molecule has 1 aromatic rings. The fourth-order valence-corrected chi connectivity index (χ4v) is 4.34. The lowest BCUT2D eigenvalue weighted by Gasteiger charge is -2.29. The summed E-state index contributed by atoms with van der Waals surface area (Å²) < 4.78 is 0. The molecule has 0 aromatic heterocycles. The fourth-order valence-electron chi connectivity index (χ4n) is 4.34. The second-order valence-electron chi connectivity index (χ2n) is 7.41. The van der Waals surface area contributed by atoms with Crippen molar-refractivity contribution < 1.29 is 14.4 Å². The molecule has 140 valence electrons. The van der Waals surface area contributed by atoms with Gasteiger partial charge in [-0.05, 0) is 49.8 Å². The van der Waals surface area contributed by atoms with Gasteiger partial charge < -0.3 is 15.5 Å². The third-order valence-electron chi connectivity index (χ3n) is 5.32. The number of rotatable bonds is 4. The molecule has 6 heteroatoms. The van der Waals surface area contributed by atoms with Gasteiger partial charge in [0.25, 0.3) is 5.91 Å². The predicted octanol–water partition coefficient (Wildman–Crippen LogP) is 3.40. The summed E-state index contributed by atoms with van der Waals surface area (Å²) >= 11 is 0. The van der Waals surface area contributed by atoms with E-state index in [1.807, 2.05) is 4.90 Å². The molecule has 3 rings (SSSR count). The van der Waals surface area contributed by atoms with Crippen molar-refractivity contribution in [1.29, 1.82) is 0 Å². The van der Waals surface area contributed by atoms with Crippen LogP contribution in [-0.2, 0) is 9.59 Å². The molecule has 3 amide bonds. The largest absolute Gasteiger partial charge is 0.335 e. The van der Waals surface area contributed by atoms with Gasteiger partial charge in [0.15, 0.2) is 0 Å². The molecule has 1 saturated heterocycles. The monoisotopic (exact) mass is 357 g/mol.